The smallest absolute Gasteiger partial charge is 0.407 e. The van der Waals surface area contributed by atoms with Gasteiger partial charge in [0.25, 0.3) is 0 Å². The summed E-state index contributed by atoms with van der Waals surface area (Å²) in [5.74, 6) is -0.234. The Bertz CT molecular complexity index is 337. The highest BCUT2D eigenvalue weighted by atomic mass is 16.6. The van der Waals surface area contributed by atoms with Crippen molar-refractivity contribution in [2.75, 3.05) is 19.6 Å². The van der Waals surface area contributed by atoms with Crippen molar-refractivity contribution in [1.82, 2.24) is 16.0 Å². The lowest BCUT2D eigenvalue weighted by molar-refractivity contribution is -0.122. The Morgan fingerprint density at radius 2 is 1.55 bits per heavy atom. The van der Waals surface area contributed by atoms with E-state index in [0.717, 1.165) is 0 Å². The summed E-state index contributed by atoms with van der Waals surface area (Å²) < 4.78 is 5.06. The fourth-order valence-corrected chi connectivity index (χ4v) is 1.28. The normalized spacial score (nSPS) is 10.6. The van der Waals surface area contributed by atoms with Gasteiger partial charge in [0.15, 0.2) is 0 Å². The molecule has 0 radical (unpaired) electrons. The van der Waals surface area contributed by atoms with Crippen molar-refractivity contribution in [2.45, 2.75) is 46.1 Å². The third-order valence-corrected chi connectivity index (χ3v) is 2.07. The Labute approximate surface area is 119 Å². The van der Waals surface area contributed by atoms with Crippen LogP contribution in [0, 0.1) is 0 Å². The molecule has 3 amide bonds. The van der Waals surface area contributed by atoms with Crippen molar-refractivity contribution < 1.29 is 19.1 Å². The Morgan fingerprint density at radius 1 is 0.950 bits per heavy atom. The Morgan fingerprint density at radius 3 is 2.10 bits per heavy atom. The molecule has 3 N–H and O–H groups in total. The molecule has 0 saturated heterocycles. The van der Waals surface area contributed by atoms with E-state index in [-0.39, 0.29) is 11.8 Å². The monoisotopic (exact) mass is 287 g/mol. The van der Waals surface area contributed by atoms with Crippen molar-refractivity contribution in [3.8, 4) is 0 Å². The first-order valence-electron chi connectivity index (χ1n) is 6.68. The molecule has 0 aliphatic rings. The maximum absolute atomic E-state index is 11.4. The summed E-state index contributed by atoms with van der Waals surface area (Å²) in [5, 5.41) is 7.82. The number of carbonyl (C=O) groups excluding carboxylic acids is 3. The number of ether oxygens (including phenoxy) is 1. The van der Waals surface area contributed by atoms with Gasteiger partial charge in [-0.1, -0.05) is 0 Å². The van der Waals surface area contributed by atoms with E-state index in [1.165, 1.54) is 6.92 Å². The first-order valence-corrected chi connectivity index (χ1v) is 6.68. The molecule has 0 aromatic rings. The van der Waals surface area contributed by atoms with E-state index in [2.05, 4.69) is 16.0 Å². The second-order valence-corrected chi connectivity index (χ2v) is 5.37. The second kappa shape index (κ2) is 9.17. The molecule has 0 unspecified atom stereocenters. The van der Waals surface area contributed by atoms with Gasteiger partial charge in [0.05, 0.1) is 0 Å². The molecule has 0 spiro atoms. The van der Waals surface area contributed by atoms with Crippen LogP contribution in [0.2, 0.25) is 0 Å². The number of alkyl carbamates (subject to hydrolysis) is 1. The molecule has 0 rings (SSSR count). The van der Waals surface area contributed by atoms with Crippen molar-refractivity contribution in [3.63, 3.8) is 0 Å². The Balaban J connectivity index is 3.52. The molecular formula is C13H25N3O4. The molecule has 0 bridgehead atoms. The summed E-state index contributed by atoms with van der Waals surface area (Å²) in [6.07, 6.45) is 0.365. The van der Waals surface area contributed by atoms with E-state index in [1.54, 1.807) is 20.8 Å². The molecule has 0 aliphatic heterocycles. The molecule has 20 heavy (non-hydrogen) atoms. The third kappa shape index (κ3) is 12.7. The first-order chi connectivity index (χ1) is 9.20. The topological polar surface area (TPSA) is 96.5 Å². The van der Waals surface area contributed by atoms with Crippen LogP contribution < -0.4 is 16.0 Å². The molecule has 116 valence electrons. The van der Waals surface area contributed by atoms with Crippen LogP contribution in [0.3, 0.4) is 0 Å². The van der Waals surface area contributed by atoms with Crippen LogP contribution in [0.5, 0.6) is 0 Å². The second-order valence-electron chi connectivity index (χ2n) is 5.37. The third-order valence-electron chi connectivity index (χ3n) is 2.07. The fourth-order valence-electron chi connectivity index (χ4n) is 1.28. The lowest BCUT2D eigenvalue weighted by Gasteiger charge is -2.19. The van der Waals surface area contributed by atoms with Crippen LogP contribution in [0.4, 0.5) is 4.79 Å². The minimum absolute atomic E-state index is 0.110. The number of amides is 3. The van der Waals surface area contributed by atoms with Gasteiger partial charge >= 0.3 is 6.09 Å². The molecule has 0 fully saturated rings. The zero-order chi connectivity index (χ0) is 15.6. The van der Waals surface area contributed by atoms with Crippen molar-refractivity contribution in [2.24, 2.45) is 0 Å². The number of hydrogen-bond acceptors (Lipinski definition) is 4. The molecule has 0 aliphatic carbocycles. The van der Waals surface area contributed by atoms with Crippen molar-refractivity contribution in [1.29, 1.82) is 0 Å². The molecule has 0 aromatic heterocycles. The molecule has 0 saturated carbocycles. The lowest BCUT2D eigenvalue weighted by atomic mass is 10.2. The summed E-state index contributed by atoms with van der Waals surface area (Å²) in [4.78, 5) is 33.3. The van der Waals surface area contributed by atoms with Gasteiger partial charge in [-0.2, -0.15) is 0 Å². The van der Waals surface area contributed by atoms with Gasteiger partial charge < -0.3 is 20.7 Å². The van der Waals surface area contributed by atoms with E-state index >= 15 is 0 Å². The van der Waals surface area contributed by atoms with Gasteiger partial charge in [0.2, 0.25) is 11.8 Å². The van der Waals surface area contributed by atoms with E-state index in [9.17, 15) is 14.4 Å². The zero-order valence-electron chi connectivity index (χ0n) is 12.7. The van der Waals surface area contributed by atoms with Crippen LogP contribution >= 0.6 is 0 Å². The number of nitrogens with one attached hydrogen (secondary N) is 3. The van der Waals surface area contributed by atoms with Gasteiger partial charge in [-0.15, -0.1) is 0 Å². The van der Waals surface area contributed by atoms with Gasteiger partial charge in [-0.05, 0) is 27.2 Å². The highest BCUT2D eigenvalue weighted by Gasteiger charge is 2.15. The quantitative estimate of drug-likeness (QED) is 0.595. The molecule has 0 aromatic carbocycles. The van der Waals surface area contributed by atoms with E-state index in [4.69, 9.17) is 4.74 Å². The summed E-state index contributed by atoms with van der Waals surface area (Å²) in [5.41, 5.74) is -0.523. The van der Waals surface area contributed by atoms with Crippen LogP contribution in [0.25, 0.3) is 0 Å². The average molecular weight is 287 g/mol. The Hall–Kier alpha value is -1.79. The fraction of sp³-hybridized carbons (Fsp3) is 0.769. The minimum Gasteiger partial charge on any atom is -0.444 e. The van der Waals surface area contributed by atoms with E-state index < -0.39 is 11.7 Å². The van der Waals surface area contributed by atoms with Gasteiger partial charge in [0, 0.05) is 33.0 Å². The highest BCUT2D eigenvalue weighted by Crippen LogP contribution is 2.06. The summed E-state index contributed by atoms with van der Waals surface area (Å²) in [6.45, 7) is 7.98. The van der Waals surface area contributed by atoms with Crippen LogP contribution in [0.1, 0.15) is 40.5 Å². The van der Waals surface area contributed by atoms with Crippen LogP contribution in [0.15, 0.2) is 0 Å². The largest absolute Gasteiger partial charge is 0.444 e. The average Bonchev–Trinajstić information content (AvgIpc) is 2.28. The van der Waals surface area contributed by atoms with Gasteiger partial charge in [-0.3, -0.25) is 9.59 Å². The number of rotatable bonds is 7. The van der Waals surface area contributed by atoms with Crippen molar-refractivity contribution >= 4 is 17.9 Å². The SMILES string of the molecule is CC(=O)NCCNC(=O)CCCNC(=O)OC(C)(C)C. The molecule has 7 nitrogen and oxygen atoms in total. The zero-order valence-corrected chi connectivity index (χ0v) is 12.7. The molecule has 7 heteroatoms. The summed E-state index contributed by atoms with van der Waals surface area (Å²) in [6, 6.07) is 0. The van der Waals surface area contributed by atoms with Crippen LogP contribution in [-0.2, 0) is 14.3 Å². The Kier molecular flexibility index (Phi) is 8.35. The van der Waals surface area contributed by atoms with Gasteiger partial charge in [0.1, 0.15) is 5.60 Å². The minimum atomic E-state index is -0.523. The lowest BCUT2D eigenvalue weighted by Crippen LogP contribution is -2.35. The first kappa shape index (κ1) is 18.2. The molecule has 0 heterocycles. The maximum Gasteiger partial charge on any atom is 0.407 e. The molecule has 0 atom stereocenters. The number of hydrogen-bond donors (Lipinski definition) is 3. The maximum atomic E-state index is 11.4. The standard InChI is InChI=1S/C13H25N3O4/c1-10(17)14-8-9-15-11(18)6-5-7-16-12(19)20-13(2,3)4/h5-9H2,1-4H3,(H,14,17)(H,15,18)(H,16,19). The summed E-state index contributed by atoms with van der Waals surface area (Å²) >= 11 is 0. The number of carbonyl (C=O) groups is 3. The van der Waals surface area contributed by atoms with Crippen molar-refractivity contribution in [3.05, 3.63) is 0 Å². The van der Waals surface area contributed by atoms with Gasteiger partial charge in [-0.25, -0.2) is 4.79 Å². The summed E-state index contributed by atoms with van der Waals surface area (Å²) in [7, 11) is 0. The van der Waals surface area contributed by atoms with E-state index in [0.29, 0.717) is 32.5 Å². The predicted octanol–water partition coefficient (Wildman–Crippen LogP) is 0.544. The van der Waals surface area contributed by atoms with Crippen LogP contribution in [-0.4, -0.2) is 43.1 Å². The van der Waals surface area contributed by atoms with E-state index in [1.807, 2.05) is 0 Å². The molecular weight excluding hydrogens is 262 g/mol. The highest BCUT2D eigenvalue weighted by molar-refractivity contribution is 5.76. The predicted molar refractivity (Wildman–Crippen MR) is 75.2 cm³/mol.